The highest BCUT2D eigenvalue weighted by Crippen LogP contribution is 2.38. The number of anilines is 7. The van der Waals surface area contributed by atoms with E-state index in [2.05, 4.69) is 59.0 Å². The molecule has 0 spiro atoms. The van der Waals surface area contributed by atoms with Crippen LogP contribution in [0.3, 0.4) is 0 Å². The maximum atomic E-state index is 5.94. The normalized spacial score (nSPS) is 17.0. The largest absolute Gasteiger partial charge is 0.399 e. The lowest BCUT2D eigenvalue weighted by molar-refractivity contribution is 0.196. The van der Waals surface area contributed by atoms with Gasteiger partial charge >= 0.3 is 0 Å². The molecule has 5 aromatic rings. The summed E-state index contributed by atoms with van der Waals surface area (Å²) in [5.41, 5.74) is 21.1. The maximum Gasteiger partial charge on any atom is 0.228 e. The van der Waals surface area contributed by atoms with E-state index in [4.69, 9.17) is 26.8 Å². The molecular formula is C39H44N16. The first kappa shape index (κ1) is 36.1. The SMILES string of the molecule is CN(CC1=CN(C)[C@H](N=Nc2ccc(Nc3ccc(N)cc3)cc2C2=CN(C)[C@@H](N=Nc3ccc(Nc4ccc(N)cc4)cc3)N2C)N1C)c1ncncn1. The Balaban J connectivity index is 1.10. The summed E-state index contributed by atoms with van der Waals surface area (Å²) in [6, 6.07) is 29.1. The Bertz CT molecular complexity index is 2200. The van der Waals surface area contributed by atoms with Gasteiger partial charge in [-0.15, -0.1) is 10.2 Å². The first-order valence-electron chi connectivity index (χ1n) is 17.6. The lowest BCUT2D eigenvalue weighted by Gasteiger charge is -2.27. The summed E-state index contributed by atoms with van der Waals surface area (Å²) >= 11 is 0. The highest BCUT2D eigenvalue weighted by atomic mass is 15.5. The fraction of sp³-hybridized carbons (Fsp3) is 0.205. The van der Waals surface area contributed by atoms with Gasteiger partial charge in [-0.3, -0.25) is 0 Å². The van der Waals surface area contributed by atoms with Gasteiger partial charge in [-0.25, -0.2) is 15.0 Å². The maximum absolute atomic E-state index is 5.94. The molecule has 6 N–H and O–H groups in total. The number of nitrogens with two attached hydrogens (primary N) is 2. The van der Waals surface area contributed by atoms with Gasteiger partial charge in [0.25, 0.3) is 0 Å². The highest BCUT2D eigenvalue weighted by molar-refractivity contribution is 5.79. The van der Waals surface area contributed by atoms with E-state index in [9.17, 15) is 0 Å². The topological polar surface area (TPSA) is 180 Å². The van der Waals surface area contributed by atoms with E-state index in [0.29, 0.717) is 23.9 Å². The number of hydrogen-bond donors (Lipinski definition) is 4. The molecule has 0 amide bonds. The van der Waals surface area contributed by atoms with Crippen molar-refractivity contribution >= 4 is 57.1 Å². The summed E-state index contributed by atoms with van der Waals surface area (Å²) in [4.78, 5) is 22.6. The van der Waals surface area contributed by atoms with Crippen LogP contribution in [0.15, 0.2) is 142 Å². The zero-order valence-corrected chi connectivity index (χ0v) is 31.4. The molecule has 0 unspecified atom stereocenters. The minimum absolute atomic E-state index is 0.352. The summed E-state index contributed by atoms with van der Waals surface area (Å²) in [7, 11) is 9.91. The van der Waals surface area contributed by atoms with E-state index < -0.39 is 0 Å². The number of likely N-dealkylation sites (N-methyl/N-ethyl adjacent to an activating group) is 2. The van der Waals surface area contributed by atoms with E-state index >= 15 is 0 Å². The van der Waals surface area contributed by atoms with Crippen LogP contribution >= 0.6 is 0 Å². The second kappa shape index (κ2) is 15.8. The molecule has 2 atom stereocenters. The quantitative estimate of drug-likeness (QED) is 0.0763. The minimum atomic E-state index is -0.388. The van der Waals surface area contributed by atoms with Gasteiger partial charge in [0.1, 0.15) is 12.7 Å². The lowest BCUT2D eigenvalue weighted by Crippen LogP contribution is -2.35. The minimum Gasteiger partial charge on any atom is -0.399 e. The Morgan fingerprint density at radius 3 is 1.82 bits per heavy atom. The van der Waals surface area contributed by atoms with E-state index in [1.165, 1.54) is 12.7 Å². The molecule has 16 heteroatoms. The van der Waals surface area contributed by atoms with Gasteiger partial charge in [0.15, 0.2) is 0 Å². The van der Waals surface area contributed by atoms with E-state index in [1.807, 2.05) is 135 Å². The number of nitrogens with zero attached hydrogens (tertiary/aromatic N) is 12. The zero-order chi connectivity index (χ0) is 38.5. The van der Waals surface area contributed by atoms with Gasteiger partial charge in [0.05, 0.1) is 29.3 Å². The van der Waals surface area contributed by atoms with Crippen molar-refractivity contribution in [2.75, 3.05) is 68.8 Å². The third-order valence-electron chi connectivity index (χ3n) is 9.24. The molecule has 4 aromatic carbocycles. The molecule has 2 aliphatic rings. The Morgan fingerprint density at radius 1 is 0.655 bits per heavy atom. The van der Waals surface area contributed by atoms with Crippen LogP contribution in [0, 0.1) is 0 Å². The molecule has 3 heterocycles. The Labute approximate surface area is 320 Å². The molecular weight excluding hydrogens is 693 g/mol. The molecule has 0 fully saturated rings. The Morgan fingerprint density at radius 2 is 1.18 bits per heavy atom. The number of nitrogens with one attached hydrogen (secondary N) is 2. The second-order valence-electron chi connectivity index (χ2n) is 13.4. The van der Waals surface area contributed by atoms with Crippen molar-refractivity contribution in [2.24, 2.45) is 20.5 Å². The fourth-order valence-corrected chi connectivity index (χ4v) is 6.25. The molecule has 16 nitrogen and oxygen atoms in total. The molecule has 7 rings (SSSR count). The van der Waals surface area contributed by atoms with E-state index in [1.54, 1.807) is 0 Å². The molecule has 0 saturated heterocycles. The average molecular weight is 737 g/mol. The van der Waals surface area contributed by atoms with Crippen LogP contribution in [0.25, 0.3) is 5.70 Å². The molecule has 0 bridgehead atoms. The summed E-state index contributed by atoms with van der Waals surface area (Å²) in [5, 5.41) is 25.9. The number of rotatable bonds is 12. The van der Waals surface area contributed by atoms with Gasteiger partial charge in [0.2, 0.25) is 18.5 Å². The van der Waals surface area contributed by atoms with Crippen LogP contribution < -0.4 is 27.0 Å². The summed E-state index contributed by atoms with van der Waals surface area (Å²) in [6.45, 7) is 0.582. The second-order valence-corrected chi connectivity index (χ2v) is 13.4. The zero-order valence-electron chi connectivity index (χ0n) is 31.4. The van der Waals surface area contributed by atoms with Crippen molar-refractivity contribution in [1.29, 1.82) is 0 Å². The molecule has 1 aromatic heterocycles. The van der Waals surface area contributed by atoms with Crippen molar-refractivity contribution in [3.05, 3.63) is 127 Å². The van der Waals surface area contributed by atoms with Crippen LogP contribution in [-0.2, 0) is 0 Å². The molecule has 280 valence electrons. The van der Waals surface area contributed by atoms with Gasteiger partial charge in [-0.2, -0.15) is 10.2 Å². The molecule has 0 saturated carbocycles. The average Bonchev–Trinajstić information content (AvgIpc) is 3.63. The van der Waals surface area contributed by atoms with Crippen LogP contribution in [-0.4, -0.2) is 88.9 Å². The third kappa shape index (κ3) is 8.38. The number of benzene rings is 4. The Hall–Kier alpha value is -7.23. The predicted molar refractivity (Wildman–Crippen MR) is 218 cm³/mol. The highest BCUT2D eigenvalue weighted by Gasteiger charge is 2.31. The standard InChI is InChI=1S/C39H44N16/c1-51(37-43-24-42-25-44-37)21-33-22-52(2)38(54(33)4)50-48-35-19-18-32(46-29-12-8-27(41)9-13-29)20-34(35)36-23-53(3)39(55(36)5)49-47-31-16-14-30(15-17-31)45-28-10-6-26(40)7-11-28/h6-20,22-25,38-39,45-46H,21,40-41H2,1-5H3/t38-,39+/m0/s1. The summed E-state index contributed by atoms with van der Waals surface area (Å²) in [5.74, 6) is 0.590. The number of azo groups is 2. The van der Waals surface area contributed by atoms with Crippen molar-refractivity contribution in [3.8, 4) is 0 Å². The first-order chi connectivity index (χ1) is 26.6. The molecule has 0 aliphatic carbocycles. The van der Waals surface area contributed by atoms with E-state index in [0.717, 1.165) is 51.1 Å². The van der Waals surface area contributed by atoms with Gasteiger partial charge in [-0.1, -0.05) is 0 Å². The van der Waals surface area contributed by atoms with Crippen LogP contribution in [0.2, 0.25) is 0 Å². The number of hydrogen-bond acceptors (Lipinski definition) is 16. The van der Waals surface area contributed by atoms with Crippen molar-refractivity contribution in [2.45, 2.75) is 12.6 Å². The van der Waals surface area contributed by atoms with E-state index in [-0.39, 0.29) is 12.6 Å². The number of aromatic nitrogens is 3. The Kier molecular flexibility index (Phi) is 10.4. The predicted octanol–water partition coefficient (Wildman–Crippen LogP) is 6.99. The monoisotopic (exact) mass is 736 g/mol. The van der Waals surface area contributed by atoms with Gasteiger partial charge < -0.3 is 46.6 Å². The fourth-order valence-electron chi connectivity index (χ4n) is 6.25. The van der Waals surface area contributed by atoms with Crippen LogP contribution in [0.5, 0.6) is 0 Å². The van der Waals surface area contributed by atoms with Gasteiger partial charge in [0, 0.05) is 87.3 Å². The molecule has 55 heavy (non-hydrogen) atoms. The van der Waals surface area contributed by atoms with Crippen molar-refractivity contribution in [3.63, 3.8) is 0 Å². The summed E-state index contributed by atoms with van der Waals surface area (Å²) < 4.78 is 0. The van der Waals surface area contributed by atoms with Gasteiger partial charge in [-0.05, 0) is 91.0 Å². The lowest BCUT2D eigenvalue weighted by atomic mass is 10.1. The first-order valence-corrected chi connectivity index (χ1v) is 17.6. The molecule has 0 radical (unpaired) electrons. The number of nitrogen functional groups attached to an aromatic ring is 2. The molecule has 2 aliphatic heterocycles. The third-order valence-corrected chi connectivity index (χ3v) is 9.24. The van der Waals surface area contributed by atoms with Crippen molar-refractivity contribution < 1.29 is 0 Å². The summed E-state index contributed by atoms with van der Waals surface area (Å²) in [6.07, 6.45) is 6.35. The smallest absolute Gasteiger partial charge is 0.228 e. The van der Waals surface area contributed by atoms with Crippen LogP contribution in [0.1, 0.15) is 5.56 Å². The van der Waals surface area contributed by atoms with Crippen LogP contribution in [0.4, 0.5) is 51.4 Å². The van der Waals surface area contributed by atoms with Crippen molar-refractivity contribution in [1.82, 2.24) is 34.6 Å².